The van der Waals surface area contributed by atoms with Crippen molar-refractivity contribution in [1.29, 1.82) is 0 Å². The van der Waals surface area contributed by atoms with Gasteiger partial charge in [0.25, 0.3) is 5.91 Å². The van der Waals surface area contributed by atoms with E-state index in [1.165, 1.54) is 0 Å². The van der Waals surface area contributed by atoms with Crippen LogP contribution in [0, 0.1) is 6.92 Å². The van der Waals surface area contributed by atoms with Crippen LogP contribution in [0.25, 0.3) is 0 Å². The molecule has 0 aromatic carbocycles. The highest BCUT2D eigenvalue weighted by Gasteiger charge is 2.13. The molecule has 0 aliphatic heterocycles. The van der Waals surface area contributed by atoms with E-state index in [9.17, 15) is 4.79 Å². The van der Waals surface area contributed by atoms with Gasteiger partial charge >= 0.3 is 0 Å². The molecule has 1 N–H and O–H groups in total. The van der Waals surface area contributed by atoms with Crippen LogP contribution in [0.3, 0.4) is 0 Å². The van der Waals surface area contributed by atoms with Crippen LogP contribution in [-0.2, 0) is 6.54 Å². The number of carbonyl (C=O) groups excluding carboxylic acids is 1. The predicted molar refractivity (Wildman–Crippen MR) is 87.1 cm³/mol. The molecule has 0 fully saturated rings. The van der Waals surface area contributed by atoms with E-state index in [0.717, 1.165) is 27.6 Å². The Hall–Kier alpha value is -1.14. The number of rotatable bonds is 4. The van der Waals surface area contributed by atoms with Crippen molar-refractivity contribution in [1.82, 2.24) is 9.55 Å². The summed E-state index contributed by atoms with van der Waals surface area (Å²) in [6, 6.07) is 5.47. The molecule has 0 spiro atoms. The van der Waals surface area contributed by atoms with Crippen molar-refractivity contribution in [3.63, 3.8) is 0 Å². The Bertz CT molecular complexity index is 637. The van der Waals surface area contributed by atoms with E-state index in [1.54, 1.807) is 6.07 Å². The van der Waals surface area contributed by atoms with Crippen molar-refractivity contribution in [2.75, 3.05) is 5.32 Å². The number of anilines is 1. The molecule has 0 radical (unpaired) electrons. The van der Waals surface area contributed by atoms with Gasteiger partial charge in [-0.05, 0) is 63.4 Å². The number of aryl methyl sites for hydroxylation is 2. The highest BCUT2D eigenvalue weighted by atomic mass is 79.9. The number of halogens is 2. The van der Waals surface area contributed by atoms with Gasteiger partial charge in [0.2, 0.25) is 0 Å². The first-order valence-electron chi connectivity index (χ1n) is 6.31. The number of nitrogens with one attached hydrogen (secondary N) is 1. The molecule has 0 aliphatic carbocycles. The minimum Gasteiger partial charge on any atom is -0.342 e. The van der Waals surface area contributed by atoms with Crippen LogP contribution in [0.1, 0.15) is 29.5 Å². The standard InChI is InChI=1S/C14H15Br2N3O/c1-3-6-19-8-10(15)7-12(19)14(20)18-13-5-4-11(16)9(2)17-13/h4-5,7-8H,3,6H2,1-2H3,(H,17,18,20). The predicted octanol–water partition coefficient (Wildman–Crippen LogP) is 4.38. The molecular formula is C14H15Br2N3O. The van der Waals surface area contributed by atoms with Gasteiger partial charge in [0.05, 0.1) is 5.69 Å². The number of hydrogen-bond acceptors (Lipinski definition) is 2. The Morgan fingerprint density at radius 2 is 2.15 bits per heavy atom. The highest BCUT2D eigenvalue weighted by Crippen LogP contribution is 2.19. The zero-order valence-electron chi connectivity index (χ0n) is 11.3. The third-order valence-corrected chi connectivity index (χ3v) is 4.10. The maximum Gasteiger partial charge on any atom is 0.273 e. The molecule has 0 bridgehead atoms. The lowest BCUT2D eigenvalue weighted by Crippen LogP contribution is -2.17. The molecule has 0 saturated heterocycles. The average molecular weight is 401 g/mol. The average Bonchev–Trinajstić information content (AvgIpc) is 2.75. The Labute approximate surface area is 134 Å². The first kappa shape index (κ1) is 15.3. The summed E-state index contributed by atoms with van der Waals surface area (Å²) in [5.74, 6) is 0.398. The topological polar surface area (TPSA) is 46.9 Å². The summed E-state index contributed by atoms with van der Waals surface area (Å²) in [6.07, 6.45) is 2.88. The fourth-order valence-electron chi connectivity index (χ4n) is 1.89. The van der Waals surface area contributed by atoms with Gasteiger partial charge in [-0.25, -0.2) is 4.98 Å². The molecule has 106 valence electrons. The zero-order chi connectivity index (χ0) is 14.7. The smallest absolute Gasteiger partial charge is 0.273 e. The number of nitrogens with zero attached hydrogens (tertiary/aromatic N) is 2. The SMILES string of the molecule is CCCn1cc(Br)cc1C(=O)Nc1ccc(Br)c(C)n1. The van der Waals surface area contributed by atoms with E-state index in [4.69, 9.17) is 0 Å². The summed E-state index contributed by atoms with van der Waals surface area (Å²) in [5, 5.41) is 2.83. The normalized spacial score (nSPS) is 10.6. The van der Waals surface area contributed by atoms with Gasteiger partial charge in [0, 0.05) is 21.7 Å². The summed E-state index contributed by atoms with van der Waals surface area (Å²) >= 11 is 6.80. The molecule has 0 aliphatic rings. The first-order valence-corrected chi connectivity index (χ1v) is 7.90. The van der Waals surface area contributed by atoms with Crippen LogP contribution >= 0.6 is 31.9 Å². The maximum atomic E-state index is 12.3. The second kappa shape index (κ2) is 6.54. The number of aromatic nitrogens is 2. The van der Waals surface area contributed by atoms with Crippen molar-refractivity contribution in [3.05, 3.63) is 44.7 Å². The van der Waals surface area contributed by atoms with Crippen LogP contribution in [0.5, 0.6) is 0 Å². The van der Waals surface area contributed by atoms with Crippen LogP contribution in [0.2, 0.25) is 0 Å². The van der Waals surface area contributed by atoms with Crippen LogP contribution in [0.15, 0.2) is 33.3 Å². The van der Waals surface area contributed by atoms with Gasteiger partial charge in [0.15, 0.2) is 0 Å². The second-order valence-corrected chi connectivity index (χ2v) is 6.22. The lowest BCUT2D eigenvalue weighted by Gasteiger charge is -2.09. The van der Waals surface area contributed by atoms with Crippen molar-refractivity contribution in [2.45, 2.75) is 26.8 Å². The monoisotopic (exact) mass is 399 g/mol. The van der Waals surface area contributed by atoms with E-state index in [2.05, 4.69) is 49.1 Å². The first-order chi connectivity index (χ1) is 9.51. The van der Waals surface area contributed by atoms with Gasteiger partial charge in [-0.2, -0.15) is 0 Å². The molecule has 6 heteroatoms. The van der Waals surface area contributed by atoms with Crippen molar-refractivity contribution >= 4 is 43.6 Å². The molecule has 4 nitrogen and oxygen atoms in total. The van der Waals surface area contributed by atoms with Crippen molar-refractivity contribution < 1.29 is 4.79 Å². The Kier molecular flexibility index (Phi) is 4.99. The van der Waals surface area contributed by atoms with E-state index in [0.29, 0.717) is 11.5 Å². The molecule has 2 heterocycles. The molecule has 0 unspecified atom stereocenters. The quantitative estimate of drug-likeness (QED) is 0.827. The minimum atomic E-state index is -0.154. The molecule has 2 rings (SSSR count). The fraction of sp³-hybridized carbons (Fsp3) is 0.286. The number of amides is 1. The van der Waals surface area contributed by atoms with Crippen LogP contribution in [-0.4, -0.2) is 15.5 Å². The number of carbonyl (C=O) groups is 1. The Morgan fingerprint density at radius 1 is 1.40 bits per heavy atom. The largest absolute Gasteiger partial charge is 0.342 e. The Balaban J connectivity index is 2.21. The summed E-state index contributed by atoms with van der Waals surface area (Å²) in [4.78, 5) is 16.6. The van der Waals surface area contributed by atoms with Crippen LogP contribution in [0.4, 0.5) is 5.82 Å². The zero-order valence-corrected chi connectivity index (χ0v) is 14.5. The van der Waals surface area contributed by atoms with Gasteiger partial charge in [-0.15, -0.1) is 0 Å². The number of hydrogen-bond donors (Lipinski definition) is 1. The highest BCUT2D eigenvalue weighted by molar-refractivity contribution is 9.10. The lowest BCUT2D eigenvalue weighted by molar-refractivity contribution is 0.101. The third kappa shape index (κ3) is 3.49. The summed E-state index contributed by atoms with van der Waals surface area (Å²) in [6.45, 7) is 4.77. The molecule has 2 aromatic rings. The molecular weight excluding hydrogens is 386 g/mol. The second-order valence-electron chi connectivity index (χ2n) is 4.45. The number of pyridine rings is 1. The maximum absolute atomic E-state index is 12.3. The van der Waals surface area contributed by atoms with Crippen molar-refractivity contribution in [2.24, 2.45) is 0 Å². The molecule has 0 atom stereocenters. The van der Waals surface area contributed by atoms with Gasteiger partial charge < -0.3 is 9.88 Å². The van der Waals surface area contributed by atoms with Crippen LogP contribution < -0.4 is 5.32 Å². The van der Waals surface area contributed by atoms with Gasteiger partial charge in [-0.1, -0.05) is 6.92 Å². The van der Waals surface area contributed by atoms with Crippen molar-refractivity contribution in [3.8, 4) is 0 Å². The van der Waals surface area contributed by atoms with E-state index in [-0.39, 0.29) is 5.91 Å². The third-order valence-electron chi connectivity index (χ3n) is 2.82. The van der Waals surface area contributed by atoms with E-state index < -0.39 is 0 Å². The summed E-state index contributed by atoms with van der Waals surface area (Å²) in [5.41, 5.74) is 1.47. The summed E-state index contributed by atoms with van der Waals surface area (Å²) in [7, 11) is 0. The van der Waals surface area contributed by atoms with Gasteiger partial charge in [-0.3, -0.25) is 4.79 Å². The van der Waals surface area contributed by atoms with E-state index >= 15 is 0 Å². The van der Waals surface area contributed by atoms with Gasteiger partial charge in [0.1, 0.15) is 11.5 Å². The van der Waals surface area contributed by atoms with E-state index in [1.807, 2.05) is 29.8 Å². The minimum absolute atomic E-state index is 0.154. The molecule has 0 saturated carbocycles. The Morgan fingerprint density at radius 3 is 2.80 bits per heavy atom. The summed E-state index contributed by atoms with van der Waals surface area (Å²) < 4.78 is 3.76. The molecule has 20 heavy (non-hydrogen) atoms. The molecule has 1 amide bonds. The molecule has 2 aromatic heterocycles. The fourth-order valence-corrected chi connectivity index (χ4v) is 2.57. The lowest BCUT2D eigenvalue weighted by atomic mass is 10.3.